The maximum Gasteiger partial charge on any atom is 0.293 e. The van der Waals surface area contributed by atoms with Crippen molar-refractivity contribution < 1.29 is 23.8 Å². The highest BCUT2D eigenvalue weighted by molar-refractivity contribution is 8.18. The summed E-state index contributed by atoms with van der Waals surface area (Å²) < 4.78 is 17.0. The minimum atomic E-state index is -0.346. The van der Waals surface area contributed by atoms with Crippen molar-refractivity contribution in [1.82, 2.24) is 4.90 Å². The molecule has 4 rings (SSSR count). The van der Waals surface area contributed by atoms with Gasteiger partial charge in [0.2, 0.25) is 0 Å². The first kappa shape index (κ1) is 24.7. The number of carbonyl (C=O) groups excluding carboxylic acids is 2. The van der Waals surface area contributed by atoms with Crippen molar-refractivity contribution in [1.29, 1.82) is 0 Å². The van der Waals surface area contributed by atoms with Gasteiger partial charge in [0, 0.05) is 10.6 Å². The van der Waals surface area contributed by atoms with E-state index in [4.69, 9.17) is 25.8 Å². The van der Waals surface area contributed by atoms with Gasteiger partial charge in [-0.15, -0.1) is 0 Å². The zero-order valence-corrected chi connectivity index (χ0v) is 20.9. The van der Waals surface area contributed by atoms with E-state index in [0.717, 1.165) is 22.9 Å². The number of imide groups is 1. The van der Waals surface area contributed by atoms with Gasteiger partial charge in [0.05, 0.1) is 18.6 Å². The molecule has 3 aromatic rings. The molecule has 2 amide bonds. The summed E-state index contributed by atoms with van der Waals surface area (Å²) in [6, 6.07) is 20.4. The highest BCUT2D eigenvalue weighted by Crippen LogP contribution is 2.35. The maximum atomic E-state index is 12.9. The summed E-state index contributed by atoms with van der Waals surface area (Å²) in [5, 5.41) is 0.292. The van der Waals surface area contributed by atoms with Crippen LogP contribution in [0.5, 0.6) is 17.2 Å². The number of hydrogen-bond donors (Lipinski definition) is 0. The molecule has 0 N–H and O–H groups in total. The topological polar surface area (TPSA) is 65.1 Å². The van der Waals surface area contributed by atoms with Crippen LogP contribution in [0, 0.1) is 6.92 Å². The second kappa shape index (κ2) is 11.3. The van der Waals surface area contributed by atoms with Gasteiger partial charge >= 0.3 is 0 Å². The van der Waals surface area contributed by atoms with Crippen molar-refractivity contribution in [3.05, 3.63) is 93.3 Å². The van der Waals surface area contributed by atoms with E-state index in [-0.39, 0.29) is 30.9 Å². The maximum absolute atomic E-state index is 12.9. The van der Waals surface area contributed by atoms with Crippen LogP contribution in [0.1, 0.15) is 16.7 Å². The first-order chi connectivity index (χ1) is 16.9. The number of aryl methyl sites for hydroxylation is 1. The molecule has 0 saturated carbocycles. The predicted octanol–water partition coefficient (Wildman–Crippen LogP) is 6.35. The highest BCUT2D eigenvalue weighted by atomic mass is 35.5. The number of nitrogens with zero attached hydrogens (tertiary/aromatic N) is 1. The average Bonchev–Trinajstić information content (AvgIpc) is 3.12. The molecule has 1 fully saturated rings. The molecule has 3 aromatic carbocycles. The number of thioether (sulfide) groups is 1. The Hall–Kier alpha value is -3.42. The second-order valence-corrected chi connectivity index (χ2v) is 9.19. The first-order valence-electron chi connectivity index (χ1n) is 10.9. The number of ether oxygens (including phenoxy) is 3. The van der Waals surface area contributed by atoms with E-state index >= 15 is 0 Å². The highest BCUT2D eigenvalue weighted by Gasteiger charge is 2.34. The Morgan fingerprint density at radius 1 is 0.971 bits per heavy atom. The molecule has 180 valence electrons. The third-order valence-corrected chi connectivity index (χ3v) is 6.58. The number of benzene rings is 3. The third-order valence-electron chi connectivity index (χ3n) is 5.30. The Bertz CT molecular complexity index is 1260. The van der Waals surface area contributed by atoms with Crippen LogP contribution in [0.3, 0.4) is 0 Å². The smallest absolute Gasteiger partial charge is 0.293 e. The van der Waals surface area contributed by atoms with Gasteiger partial charge < -0.3 is 14.2 Å². The average molecular weight is 510 g/mol. The van der Waals surface area contributed by atoms with Crippen LogP contribution >= 0.6 is 23.4 Å². The normalized spacial score (nSPS) is 14.5. The molecular weight excluding hydrogens is 486 g/mol. The summed E-state index contributed by atoms with van der Waals surface area (Å²) in [7, 11) is 1.56. The summed E-state index contributed by atoms with van der Waals surface area (Å²) in [5.41, 5.74) is 2.68. The Morgan fingerprint density at radius 3 is 2.49 bits per heavy atom. The van der Waals surface area contributed by atoms with E-state index in [1.807, 2.05) is 49.4 Å². The number of hydrogen-bond acceptors (Lipinski definition) is 6. The fourth-order valence-corrected chi connectivity index (χ4v) is 4.46. The van der Waals surface area contributed by atoms with Crippen molar-refractivity contribution >= 4 is 40.6 Å². The lowest BCUT2D eigenvalue weighted by Crippen LogP contribution is -2.32. The largest absolute Gasteiger partial charge is 0.493 e. The van der Waals surface area contributed by atoms with Crippen molar-refractivity contribution in [2.24, 2.45) is 0 Å². The van der Waals surface area contributed by atoms with Gasteiger partial charge in [-0.25, -0.2) is 0 Å². The molecule has 0 radical (unpaired) electrons. The van der Waals surface area contributed by atoms with Crippen molar-refractivity contribution in [3.63, 3.8) is 0 Å². The Morgan fingerprint density at radius 2 is 1.74 bits per heavy atom. The molecule has 0 aromatic heterocycles. The van der Waals surface area contributed by atoms with Crippen molar-refractivity contribution in [2.45, 2.75) is 13.5 Å². The molecule has 1 heterocycles. The fraction of sp³-hybridized carbons (Fsp3) is 0.185. The fourth-order valence-electron chi connectivity index (χ4n) is 3.40. The number of halogens is 1. The number of carbonyl (C=O) groups is 2. The van der Waals surface area contributed by atoms with Gasteiger partial charge in [0.25, 0.3) is 11.1 Å². The van der Waals surface area contributed by atoms with Crippen LogP contribution in [-0.4, -0.2) is 36.3 Å². The molecular formula is C27H24ClNO5S. The first-order valence-corrected chi connectivity index (χ1v) is 12.1. The lowest BCUT2D eigenvalue weighted by molar-refractivity contribution is -0.123. The van der Waals surface area contributed by atoms with Crippen LogP contribution in [0.4, 0.5) is 4.79 Å². The molecule has 0 aliphatic carbocycles. The van der Waals surface area contributed by atoms with Crippen LogP contribution in [0.15, 0.2) is 71.6 Å². The predicted molar refractivity (Wildman–Crippen MR) is 138 cm³/mol. The number of rotatable bonds is 9. The van der Waals surface area contributed by atoms with E-state index in [1.54, 1.807) is 37.5 Å². The van der Waals surface area contributed by atoms with E-state index in [9.17, 15) is 9.59 Å². The zero-order chi connectivity index (χ0) is 24.8. The van der Waals surface area contributed by atoms with Crippen LogP contribution in [-0.2, 0) is 11.4 Å². The minimum absolute atomic E-state index is 0.171. The molecule has 1 aliphatic rings. The van der Waals surface area contributed by atoms with Gasteiger partial charge in [-0.3, -0.25) is 14.5 Å². The van der Waals surface area contributed by atoms with Gasteiger partial charge in [-0.1, -0.05) is 53.6 Å². The minimum Gasteiger partial charge on any atom is -0.493 e. The molecule has 0 unspecified atom stereocenters. The monoisotopic (exact) mass is 509 g/mol. The van der Waals surface area contributed by atoms with Crippen molar-refractivity contribution in [3.8, 4) is 17.2 Å². The quantitative estimate of drug-likeness (QED) is 0.313. The Labute approximate surface area is 213 Å². The molecule has 0 spiro atoms. The summed E-state index contributed by atoms with van der Waals surface area (Å²) in [6.45, 7) is 2.64. The molecule has 35 heavy (non-hydrogen) atoms. The summed E-state index contributed by atoms with van der Waals surface area (Å²) in [4.78, 5) is 26.8. The van der Waals surface area contributed by atoms with Gasteiger partial charge in [0.15, 0.2) is 11.5 Å². The molecule has 6 nitrogen and oxygen atoms in total. The van der Waals surface area contributed by atoms with Crippen LogP contribution in [0.25, 0.3) is 6.08 Å². The van der Waals surface area contributed by atoms with Crippen molar-refractivity contribution in [2.75, 3.05) is 20.3 Å². The number of amides is 2. The summed E-state index contributed by atoms with van der Waals surface area (Å²) in [5.74, 6) is 1.41. The van der Waals surface area contributed by atoms with E-state index in [2.05, 4.69) is 0 Å². The van der Waals surface area contributed by atoms with Crippen LogP contribution in [0.2, 0.25) is 5.02 Å². The van der Waals surface area contributed by atoms with Crippen LogP contribution < -0.4 is 14.2 Å². The van der Waals surface area contributed by atoms with Gasteiger partial charge in [-0.2, -0.15) is 0 Å². The Kier molecular flexibility index (Phi) is 8.00. The van der Waals surface area contributed by atoms with Gasteiger partial charge in [-0.05, 0) is 60.7 Å². The molecule has 1 aliphatic heterocycles. The van der Waals surface area contributed by atoms with E-state index in [1.165, 1.54) is 4.90 Å². The second-order valence-electron chi connectivity index (χ2n) is 7.79. The SMILES string of the molecule is COc1ccc(/C=C2\SC(=O)N(CCOc3ccc(C)cc3)C2=O)cc1OCc1ccccc1Cl. The third kappa shape index (κ3) is 6.18. The van der Waals surface area contributed by atoms with E-state index in [0.29, 0.717) is 32.7 Å². The molecule has 8 heteroatoms. The molecule has 0 atom stereocenters. The lowest BCUT2D eigenvalue weighted by atomic mass is 10.1. The molecule has 1 saturated heterocycles. The van der Waals surface area contributed by atoms with Gasteiger partial charge in [0.1, 0.15) is 19.0 Å². The standard InChI is InChI=1S/C27H24ClNO5S/c1-18-7-10-21(11-8-18)33-14-13-29-26(30)25(35-27(29)31)16-19-9-12-23(32-2)24(15-19)34-17-20-5-3-4-6-22(20)28/h3-12,15-16H,13-14,17H2,1-2H3/b25-16-. The van der Waals surface area contributed by atoms with E-state index < -0.39 is 0 Å². The summed E-state index contributed by atoms with van der Waals surface area (Å²) >= 11 is 7.13. The zero-order valence-electron chi connectivity index (χ0n) is 19.3. The lowest BCUT2D eigenvalue weighted by Gasteiger charge is -2.13. The Balaban J connectivity index is 1.43. The number of methoxy groups -OCH3 is 1. The molecule has 0 bridgehead atoms. The summed E-state index contributed by atoms with van der Waals surface area (Å²) in [6.07, 6.45) is 1.67.